The first kappa shape index (κ1) is 24.2. The first-order valence-electron chi connectivity index (χ1n) is 11.9. The quantitative estimate of drug-likeness (QED) is 0.504. The summed E-state index contributed by atoms with van der Waals surface area (Å²) < 4.78 is -0.669. The molecule has 2 unspecified atom stereocenters. The fraction of sp³-hybridized carbons (Fsp3) is 0.423. The van der Waals surface area contributed by atoms with Crippen molar-refractivity contribution in [3.05, 3.63) is 65.2 Å². The van der Waals surface area contributed by atoms with Crippen LogP contribution in [0.5, 0.6) is 0 Å². The zero-order valence-electron chi connectivity index (χ0n) is 19.2. The molecule has 3 aliphatic rings. The molecule has 5 rings (SSSR count). The molecule has 3 aliphatic heterocycles. The molecule has 1 spiro atoms. The summed E-state index contributed by atoms with van der Waals surface area (Å²) in [5, 5.41) is 15.8. The average Bonchev–Trinajstić information content (AvgIpc) is 3.50. The van der Waals surface area contributed by atoms with E-state index in [-0.39, 0.29) is 36.1 Å². The van der Waals surface area contributed by atoms with Gasteiger partial charge in [0.25, 0.3) is 0 Å². The van der Waals surface area contributed by atoms with Gasteiger partial charge in [0, 0.05) is 24.9 Å². The topological polar surface area (TPSA) is 98.7 Å². The Hall–Kier alpha value is -2.55. The van der Waals surface area contributed by atoms with Gasteiger partial charge in [0.1, 0.15) is 6.04 Å². The summed E-state index contributed by atoms with van der Waals surface area (Å²) in [5.74, 6) is -1.67. The molecule has 35 heavy (non-hydrogen) atoms. The Morgan fingerprint density at radius 3 is 2.60 bits per heavy atom. The van der Waals surface area contributed by atoms with E-state index in [1.54, 1.807) is 40.9 Å². The van der Waals surface area contributed by atoms with Crippen molar-refractivity contribution < 1.29 is 19.5 Å². The van der Waals surface area contributed by atoms with Crippen molar-refractivity contribution in [1.82, 2.24) is 10.2 Å². The molecule has 2 bridgehead atoms. The molecule has 3 saturated heterocycles. The minimum atomic E-state index is -0.732. The Bertz CT molecular complexity index is 1130. The molecule has 184 valence electrons. The van der Waals surface area contributed by atoms with Crippen molar-refractivity contribution in [2.45, 2.75) is 41.8 Å². The second-order valence-corrected chi connectivity index (χ2v) is 11.3. The molecular weight excluding hydrogens is 486 g/mol. The second-order valence-electron chi connectivity index (χ2n) is 9.34. The van der Waals surface area contributed by atoms with E-state index in [9.17, 15) is 19.5 Å². The number of nitrogens with zero attached hydrogens (tertiary/aromatic N) is 1. The number of halogens is 1. The Morgan fingerprint density at radius 1 is 1.11 bits per heavy atom. The van der Waals surface area contributed by atoms with Gasteiger partial charge in [-0.05, 0) is 37.0 Å². The van der Waals surface area contributed by atoms with Gasteiger partial charge in [0.15, 0.2) is 0 Å². The molecule has 3 fully saturated rings. The van der Waals surface area contributed by atoms with E-state index in [0.29, 0.717) is 30.1 Å². The number of fused-ring (bicyclic) bond motifs is 1. The van der Waals surface area contributed by atoms with E-state index >= 15 is 0 Å². The highest BCUT2D eigenvalue weighted by Gasteiger charge is 2.73. The summed E-state index contributed by atoms with van der Waals surface area (Å²) in [6.45, 7) is 0.570. The SMILES string of the molecule is O=C(Nc1ccccc1Cl)C1N(CCCO)C(=O)[C@@H]2[C@H](C(=O)NCc3ccccc3)[C@@H]3CCC12S3. The van der Waals surface area contributed by atoms with Gasteiger partial charge in [0.05, 0.1) is 27.3 Å². The second kappa shape index (κ2) is 9.84. The van der Waals surface area contributed by atoms with Crippen LogP contribution in [-0.2, 0) is 20.9 Å². The number of benzene rings is 2. The highest BCUT2D eigenvalue weighted by atomic mass is 35.5. The Kier molecular flexibility index (Phi) is 6.79. The molecule has 5 atom stereocenters. The summed E-state index contributed by atoms with van der Waals surface area (Å²) in [4.78, 5) is 42.4. The van der Waals surface area contributed by atoms with Crippen LogP contribution in [0.3, 0.4) is 0 Å². The minimum Gasteiger partial charge on any atom is -0.396 e. The van der Waals surface area contributed by atoms with Gasteiger partial charge in [0.2, 0.25) is 17.7 Å². The zero-order valence-corrected chi connectivity index (χ0v) is 20.7. The summed E-state index contributed by atoms with van der Waals surface area (Å²) >= 11 is 7.90. The smallest absolute Gasteiger partial charge is 0.248 e. The van der Waals surface area contributed by atoms with Gasteiger partial charge < -0.3 is 20.6 Å². The normalized spacial score (nSPS) is 28.7. The number of carbonyl (C=O) groups excluding carboxylic acids is 3. The van der Waals surface area contributed by atoms with Crippen LogP contribution in [0.2, 0.25) is 5.02 Å². The maximum absolute atomic E-state index is 13.7. The van der Waals surface area contributed by atoms with Gasteiger partial charge >= 0.3 is 0 Å². The number of likely N-dealkylation sites (tertiary alicyclic amines) is 1. The van der Waals surface area contributed by atoms with Crippen LogP contribution in [0.1, 0.15) is 24.8 Å². The molecule has 3 N–H and O–H groups in total. The number of aliphatic hydroxyl groups excluding tert-OH is 1. The lowest BCUT2D eigenvalue weighted by Gasteiger charge is -2.34. The first-order valence-corrected chi connectivity index (χ1v) is 13.2. The largest absolute Gasteiger partial charge is 0.396 e. The highest BCUT2D eigenvalue weighted by Crippen LogP contribution is 2.66. The summed E-state index contributed by atoms with van der Waals surface area (Å²) in [5.41, 5.74) is 1.48. The number of thioether (sulfide) groups is 1. The number of anilines is 1. The molecule has 0 aliphatic carbocycles. The molecule has 3 heterocycles. The molecule has 9 heteroatoms. The van der Waals surface area contributed by atoms with Gasteiger partial charge in [-0.25, -0.2) is 0 Å². The van der Waals surface area contributed by atoms with Gasteiger partial charge in [-0.1, -0.05) is 54.1 Å². The molecule has 7 nitrogen and oxygen atoms in total. The van der Waals surface area contributed by atoms with Crippen LogP contribution in [0, 0.1) is 11.8 Å². The fourth-order valence-corrected chi connectivity index (χ4v) is 8.30. The van der Waals surface area contributed by atoms with Crippen molar-refractivity contribution in [2.24, 2.45) is 11.8 Å². The third-order valence-corrected chi connectivity index (χ3v) is 9.63. The van der Waals surface area contributed by atoms with E-state index in [0.717, 1.165) is 12.0 Å². The number of rotatable bonds is 8. The van der Waals surface area contributed by atoms with Crippen LogP contribution < -0.4 is 10.6 Å². The van der Waals surface area contributed by atoms with Crippen molar-refractivity contribution in [1.29, 1.82) is 0 Å². The first-order chi connectivity index (χ1) is 17.0. The van der Waals surface area contributed by atoms with Crippen molar-refractivity contribution in [3.8, 4) is 0 Å². The van der Waals surface area contributed by atoms with E-state index in [1.165, 1.54) is 0 Å². The monoisotopic (exact) mass is 513 g/mol. The highest BCUT2D eigenvalue weighted by molar-refractivity contribution is 8.02. The minimum absolute atomic E-state index is 0.00433. The van der Waals surface area contributed by atoms with E-state index in [2.05, 4.69) is 10.6 Å². The Morgan fingerprint density at radius 2 is 1.86 bits per heavy atom. The van der Waals surface area contributed by atoms with Gasteiger partial charge in [-0.3, -0.25) is 14.4 Å². The summed E-state index contributed by atoms with van der Waals surface area (Å²) in [6.07, 6.45) is 1.84. The average molecular weight is 514 g/mol. The summed E-state index contributed by atoms with van der Waals surface area (Å²) in [7, 11) is 0. The number of amides is 3. The Balaban J connectivity index is 1.42. The molecule has 0 aromatic heterocycles. The lowest BCUT2D eigenvalue weighted by Crippen LogP contribution is -2.52. The van der Waals surface area contributed by atoms with Crippen LogP contribution >= 0.6 is 23.4 Å². The van der Waals surface area contributed by atoms with Gasteiger partial charge in [-0.15, -0.1) is 11.8 Å². The number of aliphatic hydroxyl groups is 1. The van der Waals surface area contributed by atoms with Crippen molar-refractivity contribution in [3.63, 3.8) is 0 Å². The number of hydrogen-bond acceptors (Lipinski definition) is 5. The molecular formula is C26H28ClN3O4S. The van der Waals surface area contributed by atoms with Gasteiger partial charge in [-0.2, -0.15) is 0 Å². The predicted molar refractivity (Wildman–Crippen MR) is 136 cm³/mol. The lowest BCUT2D eigenvalue weighted by molar-refractivity contribution is -0.139. The van der Waals surface area contributed by atoms with E-state index in [4.69, 9.17) is 11.6 Å². The fourth-order valence-electron chi connectivity index (χ4n) is 5.90. The maximum Gasteiger partial charge on any atom is 0.248 e. The van der Waals surface area contributed by atoms with Crippen LogP contribution in [0.4, 0.5) is 5.69 Å². The van der Waals surface area contributed by atoms with Crippen molar-refractivity contribution >= 4 is 46.8 Å². The maximum atomic E-state index is 13.7. The molecule has 0 radical (unpaired) electrons. The lowest BCUT2D eigenvalue weighted by atomic mass is 9.70. The number of carbonyl (C=O) groups is 3. The molecule has 2 aromatic carbocycles. The third kappa shape index (κ3) is 4.21. The molecule has 3 amide bonds. The summed E-state index contributed by atoms with van der Waals surface area (Å²) in [6, 6.07) is 15.9. The van der Waals surface area contributed by atoms with E-state index < -0.39 is 22.6 Å². The van der Waals surface area contributed by atoms with Crippen molar-refractivity contribution in [2.75, 3.05) is 18.5 Å². The zero-order chi connectivity index (χ0) is 24.6. The standard InChI is InChI=1S/C26H28ClN3O4S/c27-17-9-4-5-10-18(17)29-24(33)22-26-12-11-19(35-26)20(21(26)25(34)30(22)13-6-14-31)23(32)28-15-16-7-2-1-3-8-16/h1-5,7-10,19-22,31H,6,11-15H2,(H,28,32)(H,29,33)/t19-,20+,21-,22?,26?/m0/s1. The number of nitrogens with one attached hydrogen (secondary N) is 2. The Labute approximate surface area is 213 Å². The number of hydrogen-bond donors (Lipinski definition) is 3. The molecule has 2 aromatic rings. The predicted octanol–water partition coefficient (Wildman–Crippen LogP) is 3.07. The third-order valence-electron chi connectivity index (χ3n) is 7.35. The van der Waals surface area contributed by atoms with Crippen LogP contribution in [0.15, 0.2) is 54.6 Å². The van der Waals surface area contributed by atoms with Crippen LogP contribution in [-0.4, -0.2) is 56.9 Å². The van der Waals surface area contributed by atoms with Crippen LogP contribution in [0.25, 0.3) is 0 Å². The number of para-hydroxylation sites is 1. The molecule has 0 saturated carbocycles. The van der Waals surface area contributed by atoms with E-state index in [1.807, 2.05) is 30.3 Å².